The lowest BCUT2D eigenvalue weighted by atomic mass is 10.2. The zero-order chi connectivity index (χ0) is 13.1. The van der Waals surface area contributed by atoms with Crippen LogP contribution in [0.3, 0.4) is 0 Å². The molecule has 0 heterocycles. The van der Waals surface area contributed by atoms with Crippen LogP contribution in [0.1, 0.15) is 5.56 Å². The van der Waals surface area contributed by atoms with Gasteiger partial charge >= 0.3 is 5.97 Å². The normalized spacial score (nSPS) is 11.7. The van der Waals surface area contributed by atoms with Crippen molar-refractivity contribution in [1.82, 2.24) is 0 Å². The Kier molecular flexibility index (Phi) is 4.17. The van der Waals surface area contributed by atoms with Gasteiger partial charge in [0.05, 0.1) is 11.3 Å². The molecule has 1 N–H and O–H groups in total. The van der Waals surface area contributed by atoms with E-state index in [0.29, 0.717) is 5.56 Å². The zero-order valence-corrected chi connectivity index (χ0v) is 9.45. The summed E-state index contributed by atoms with van der Waals surface area (Å²) in [5.74, 6) is -2.28. The van der Waals surface area contributed by atoms with Crippen molar-refractivity contribution in [2.45, 2.75) is 17.7 Å². The molecule has 0 amide bonds. The van der Waals surface area contributed by atoms with E-state index in [0.717, 1.165) is 12.1 Å². The molecule has 1 rings (SSSR count). The third kappa shape index (κ3) is 4.10. The highest BCUT2D eigenvalue weighted by atomic mass is 32.2. The van der Waals surface area contributed by atoms with Gasteiger partial charge in [-0.25, -0.2) is 17.2 Å². The molecule has 0 aliphatic carbocycles. The van der Waals surface area contributed by atoms with Crippen molar-refractivity contribution in [3.63, 3.8) is 0 Å². The Morgan fingerprint density at radius 1 is 1.24 bits per heavy atom. The van der Waals surface area contributed by atoms with Gasteiger partial charge in [-0.05, 0) is 17.7 Å². The van der Waals surface area contributed by atoms with Crippen LogP contribution in [0.2, 0.25) is 0 Å². The molecule has 0 saturated carbocycles. The second-order valence-corrected chi connectivity index (χ2v) is 5.42. The molecule has 0 spiro atoms. The van der Waals surface area contributed by atoms with Crippen molar-refractivity contribution in [2.24, 2.45) is 0 Å². The molecule has 1 aromatic rings. The smallest absolute Gasteiger partial charge is 0.307 e. The number of sulfone groups is 1. The first-order chi connectivity index (χ1) is 7.81. The summed E-state index contributed by atoms with van der Waals surface area (Å²) in [7, 11) is -4.00. The fourth-order valence-corrected chi connectivity index (χ4v) is 2.33. The van der Waals surface area contributed by atoms with Gasteiger partial charge in [0.25, 0.3) is 6.43 Å². The van der Waals surface area contributed by atoms with Crippen LogP contribution in [0.4, 0.5) is 8.78 Å². The van der Waals surface area contributed by atoms with Crippen LogP contribution in [0, 0.1) is 0 Å². The number of alkyl halides is 2. The predicted molar refractivity (Wildman–Crippen MR) is 55.8 cm³/mol. The number of carboxylic acids is 1. The van der Waals surface area contributed by atoms with Crippen LogP contribution >= 0.6 is 0 Å². The summed E-state index contributed by atoms with van der Waals surface area (Å²) >= 11 is 0. The van der Waals surface area contributed by atoms with Crippen LogP contribution in [0.15, 0.2) is 29.2 Å². The molecule has 0 fully saturated rings. The molecule has 94 valence electrons. The van der Waals surface area contributed by atoms with Crippen LogP contribution < -0.4 is 0 Å². The van der Waals surface area contributed by atoms with E-state index in [4.69, 9.17) is 5.11 Å². The van der Waals surface area contributed by atoms with Crippen molar-refractivity contribution in [1.29, 1.82) is 0 Å². The molecule has 0 aromatic heterocycles. The van der Waals surface area contributed by atoms with Crippen molar-refractivity contribution in [2.75, 3.05) is 5.75 Å². The molecule has 0 saturated heterocycles. The van der Waals surface area contributed by atoms with Gasteiger partial charge in [0, 0.05) is 0 Å². The van der Waals surface area contributed by atoms with E-state index in [1.54, 1.807) is 0 Å². The minimum Gasteiger partial charge on any atom is -0.481 e. The highest BCUT2D eigenvalue weighted by Gasteiger charge is 2.20. The number of hydrogen-bond donors (Lipinski definition) is 1. The maximum atomic E-state index is 12.0. The highest BCUT2D eigenvalue weighted by molar-refractivity contribution is 7.91. The molecule has 0 bridgehead atoms. The molecule has 17 heavy (non-hydrogen) atoms. The van der Waals surface area contributed by atoms with Crippen LogP contribution in [-0.4, -0.2) is 31.7 Å². The Morgan fingerprint density at radius 2 is 1.76 bits per heavy atom. The summed E-state index contributed by atoms with van der Waals surface area (Å²) in [6.45, 7) is 0. The van der Waals surface area contributed by atoms with Crippen LogP contribution in [0.5, 0.6) is 0 Å². The summed E-state index contributed by atoms with van der Waals surface area (Å²) in [4.78, 5) is 10.1. The topological polar surface area (TPSA) is 71.4 Å². The van der Waals surface area contributed by atoms with Gasteiger partial charge in [-0.15, -0.1) is 0 Å². The quantitative estimate of drug-likeness (QED) is 0.871. The molecule has 0 aliphatic rings. The largest absolute Gasteiger partial charge is 0.481 e. The predicted octanol–water partition coefficient (Wildman–Crippen LogP) is 1.35. The Hall–Kier alpha value is -1.50. The number of carboxylic acid groups (broad SMARTS) is 1. The van der Waals surface area contributed by atoms with Gasteiger partial charge in [0.2, 0.25) is 0 Å². The lowest BCUT2D eigenvalue weighted by Gasteiger charge is -2.04. The lowest BCUT2D eigenvalue weighted by Crippen LogP contribution is -2.13. The van der Waals surface area contributed by atoms with E-state index in [9.17, 15) is 22.0 Å². The number of halogens is 2. The van der Waals surface area contributed by atoms with Crippen molar-refractivity contribution < 1.29 is 27.1 Å². The van der Waals surface area contributed by atoms with Crippen molar-refractivity contribution in [3.05, 3.63) is 29.8 Å². The second kappa shape index (κ2) is 5.22. The number of rotatable bonds is 5. The first-order valence-electron chi connectivity index (χ1n) is 4.63. The van der Waals surface area contributed by atoms with Crippen LogP contribution in [0.25, 0.3) is 0 Å². The van der Waals surface area contributed by atoms with E-state index >= 15 is 0 Å². The molecule has 0 aliphatic heterocycles. The van der Waals surface area contributed by atoms with Gasteiger partial charge in [-0.3, -0.25) is 4.79 Å². The van der Waals surface area contributed by atoms with Crippen LogP contribution in [-0.2, 0) is 21.1 Å². The molecule has 0 unspecified atom stereocenters. The number of aliphatic carboxylic acids is 1. The molecular weight excluding hydrogens is 254 g/mol. The summed E-state index contributed by atoms with van der Waals surface area (Å²) in [5, 5.41) is 8.50. The van der Waals surface area contributed by atoms with Crippen molar-refractivity contribution >= 4 is 15.8 Å². The van der Waals surface area contributed by atoms with Gasteiger partial charge < -0.3 is 5.11 Å². The second-order valence-electron chi connectivity index (χ2n) is 3.39. The standard InChI is InChI=1S/C10H10F2O4S/c11-9(12)6-17(15,16)8-3-1-7(2-4-8)5-10(13)14/h1-4,9H,5-6H2,(H,13,14). The molecule has 0 radical (unpaired) electrons. The lowest BCUT2D eigenvalue weighted by molar-refractivity contribution is -0.136. The maximum Gasteiger partial charge on any atom is 0.307 e. The molecule has 1 aromatic carbocycles. The Labute approximate surface area is 96.8 Å². The highest BCUT2D eigenvalue weighted by Crippen LogP contribution is 2.15. The third-order valence-corrected chi connectivity index (χ3v) is 3.66. The molecule has 4 nitrogen and oxygen atoms in total. The minimum atomic E-state index is -4.00. The maximum absolute atomic E-state index is 12.0. The first kappa shape index (κ1) is 13.6. The summed E-state index contributed by atoms with van der Waals surface area (Å²) in [6, 6.07) is 4.87. The number of hydrogen-bond acceptors (Lipinski definition) is 3. The van der Waals surface area contributed by atoms with Gasteiger partial charge in [-0.2, -0.15) is 0 Å². The fourth-order valence-electron chi connectivity index (χ4n) is 1.25. The summed E-state index contributed by atoms with van der Waals surface area (Å²) < 4.78 is 46.8. The molecule has 7 heteroatoms. The summed E-state index contributed by atoms with van der Waals surface area (Å²) in [6.07, 6.45) is -3.17. The van der Waals surface area contributed by atoms with Gasteiger partial charge in [0.1, 0.15) is 5.75 Å². The molecular formula is C10H10F2O4S. The Balaban J connectivity index is 2.91. The first-order valence-corrected chi connectivity index (χ1v) is 6.28. The Bertz CT molecular complexity index is 494. The third-order valence-electron chi connectivity index (χ3n) is 1.98. The summed E-state index contributed by atoms with van der Waals surface area (Å²) in [5.41, 5.74) is 0.411. The van der Waals surface area contributed by atoms with Gasteiger partial charge in [-0.1, -0.05) is 12.1 Å². The minimum absolute atomic E-state index is 0.230. The number of carbonyl (C=O) groups is 1. The molecule has 0 atom stereocenters. The van der Waals surface area contributed by atoms with E-state index < -0.39 is 28.0 Å². The fraction of sp³-hybridized carbons (Fsp3) is 0.300. The van der Waals surface area contributed by atoms with E-state index in [1.165, 1.54) is 12.1 Å². The van der Waals surface area contributed by atoms with E-state index in [-0.39, 0.29) is 11.3 Å². The van der Waals surface area contributed by atoms with E-state index in [2.05, 4.69) is 0 Å². The Morgan fingerprint density at radius 3 is 2.18 bits per heavy atom. The number of benzene rings is 1. The zero-order valence-electron chi connectivity index (χ0n) is 8.64. The van der Waals surface area contributed by atoms with E-state index in [1.807, 2.05) is 0 Å². The van der Waals surface area contributed by atoms with Gasteiger partial charge in [0.15, 0.2) is 9.84 Å². The average molecular weight is 264 g/mol. The SMILES string of the molecule is O=C(O)Cc1ccc(S(=O)(=O)CC(F)F)cc1. The van der Waals surface area contributed by atoms with Crippen molar-refractivity contribution in [3.8, 4) is 0 Å². The average Bonchev–Trinajstić information content (AvgIpc) is 2.15. The monoisotopic (exact) mass is 264 g/mol.